The Kier molecular flexibility index (Phi) is 8.06. The van der Waals surface area contributed by atoms with Gasteiger partial charge < -0.3 is 20.3 Å². The van der Waals surface area contributed by atoms with Crippen LogP contribution in [0.4, 0.5) is 0 Å². The molecular formula is C20H34N4O. The van der Waals surface area contributed by atoms with E-state index in [9.17, 15) is 0 Å². The smallest absolute Gasteiger partial charge is 0.191 e. The van der Waals surface area contributed by atoms with Crippen LogP contribution in [0.3, 0.4) is 0 Å². The van der Waals surface area contributed by atoms with Crippen LogP contribution >= 0.6 is 0 Å². The molecule has 0 radical (unpaired) electrons. The Morgan fingerprint density at radius 3 is 2.84 bits per heavy atom. The zero-order valence-electron chi connectivity index (χ0n) is 16.3. The first-order chi connectivity index (χ1) is 12.2. The van der Waals surface area contributed by atoms with Crippen molar-refractivity contribution in [2.45, 2.75) is 40.2 Å². The van der Waals surface area contributed by atoms with Crippen LogP contribution in [0, 0.1) is 12.8 Å². The number of aliphatic imine (C=N–C) groups is 1. The lowest BCUT2D eigenvalue weighted by molar-refractivity contribution is 0.313. The van der Waals surface area contributed by atoms with Gasteiger partial charge in [0.05, 0.1) is 6.61 Å². The van der Waals surface area contributed by atoms with E-state index in [1.165, 1.54) is 30.6 Å². The Bertz CT molecular complexity index is 559. The number of ether oxygens (including phenoxy) is 1. The molecule has 5 heteroatoms. The first-order valence-electron chi connectivity index (χ1n) is 9.55. The van der Waals surface area contributed by atoms with Crippen molar-refractivity contribution in [3.8, 4) is 5.75 Å². The van der Waals surface area contributed by atoms with Gasteiger partial charge >= 0.3 is 0 Å². The van der Waals surface area contributed by atoms with Gasteiger partial charge in [-0.15, -0.1) is 0 Å². The highest BCUT2D eigenvalue weighted by atomic mass is 16.5. The summed E-state index contributed by atoms with van der Waals surface area (Å²) in [6, 6.07) is 6.38. The van der Waals surface area contributed by atoms with Crippen LogP contribution in [0.5, 0.6) is 5.75 Å². The number of aryl methyl sites for hydroxylation is 1. The maximum Gasteiger partial charge on any atom is 0.191 e. The van der Waals surface area contributed by atoms with Gasteiger partial charge in [-0.1, -0.05) is 26.0 Å². The van der Waals surface area contributed by atoms with Crippen molar-refractivity contribution in [2.75, 3.05) is 39.8 Å². The Hall–Kier alpha value is -1.75. The lowest BCUT2D eigenvalue weighted by Crippen LogP contribution is -2.40. The summed E-state index contributed by atoms with van der Waals surface area (Å²) in [6.45, 7) is 12.4. The van der Waals surface area contributed by atoms with Gasteiger partial charge in [-0.3, -0.25) is 4.99 Å². The van der Waals surface area contributed by atoms with Crippen molar-refractivity contribution in [1.29, 1.82) is 0 Å². The van der Waals surface area contributed by atoms with E-state index in [1.54, 1.807) is 0 Å². The van der Waals surface area contributed by atoms with Gasteiger partial charge in [0.1, 0.15) is 5.75 Å². The van der Waals surface area contributed by atoms with Crippen LogP contribution in [0.2, 0.25) is 0 Å². The van der Waals surface area contributed by atoms with Gasteiger partial charge in [0.2, 0.25) is 0 Å². The number of hydrogen-bond acceptors (Lipinski definition) is 3. The Balaban J connectivity index is 1.84. The number of likely N-dealkylation sites (tertiary alicyclic amines) is 1. The van der Waals surface area contributed by atoms with Crippen LogP contribution in [-0.2, 0) is 6.54 Å². The van der Waals surface area contributed by atoms with Gasteiger partial charge in [-0.25, -0.2) is 0 Å². The molecule has 1 fully saturated rings. The van der Waals surface area contributed by atoms with E-state index in [0.29, 0.717) is 12.5 Å². The molecule has 1 aliphatic heterocycles. The highest BCUT2D eigenvalue weighted by molar-refractivity contribution is 5.79. The minimum absolute atomic E-state index is 0.710. The summed E-state index contributed by atoms with van der Waals surface area (Å²) in [7, 11) is 1.83. The fourth-order valence-corrected chi connectivity index (χ4v) is 3.16. The minimum Gasteiger partial charge on any atom is -0.493 e. The minimum atomic E-state index is 0.710. The lowest BCUT2D eigenvalue weighted by Gasteiger charge is -2.17. The molecule has 1 aliphatic rings. The number of hydrogen-bond donors (Lipinski definition) is 2. The highest BCUT2D eigenvalue weighted by Crippen LogP contribution is 2.20. The maximum atomic E-state index is 5.89. The Morgan fingerprint density at radius 2 is 2.16 bits per heavy atom. The molecule has 2 rings (SSSR count). The maximum absolute atomic E-state index is 5.89. The molecule has 140 valence electrons. The molecule has 0 spiro atoms. The quantitative estimate of drug-likeness (QED) is 0.561. The van der Waals surface area contributed by atoms with Gasteiger partial charge in [0, 0.05) is 32.2 Å². The van der Waals surface area contributed by atoms with E-state index in [2.05, 4.69) is 59.5 Å². The third kappa shape index (κ3) is 6.24. The first-order valence-corrected chi connectivity index (χ1v) is 9.55. The third-order valence-electron chi connectivity index (χ3n) is 4.73. The lowest BCUT2D eigenvalue weighted by atomic mass is 10.1. The number of nitrogens with one attached hydrogen (secondary N) is 2. The van der Waals surface area contributed by atoms with Gasteiger partial charge in [0.15, 0.2) is 5.96 Å². The summed E-state index contributed by atoms with van der Waals surface area (Å²) in [5.74, 6) is 2.54. The molecule has 5 nitrogen and oxygen atoms in total. The monoisotopic (exact) mass is 346 g/mol. The van der Waals surface area contributed by atoms with Crippen LogP contribution < -0.4 is 15.4 Å². The van der Waals surface area contributed by atoms with Crippen molar-refractivity contribution in [3.05, 3.63) is 29.3 Å². The molecule has 1 aromatic carbocycles. The first kappa shape index (κ1) is 19.6. The molecule has 1 atom stereocenters. The molecule has 2 N–H and O–H groups in total. The summed E-state index contributed by atoms with van der Waals surface area (Å²) in [6.07, 6.45) is 2.28. The fourth-order valence-electron chi connectivity index (χ4n) is 3.16. The number of nitrogens with zero attached hydrogens (tertiary/aromatic N) is 2. The predicted octanol–water partition coefficient (Wildman–Crippen LogP) is 2.79. The molecule has 1 heterocycles. The molecule has 0 aliphatic carbocycles. The van der Waals surface area contributed by atoms with E-state index in [1.807, 2.05) is 7.05 Å². The van der Waals surface area contributed by atoms with E-state index < -0.39 is 0 Å². The second-order valence-corrected chi connectivity index (χ2v) is 6.81. The largest absolute Gasteiger partial charge is 0.493 e. The molecule has 0 bridgehead atoms. The second kappa shape index (κ2) is 10.3. The van der Waals surface area contributed by atoms with Gasteiger partial charge in [0.25, 0.3) is 0 Å². The van der Waals surface area contributed by atoms with E-state index >= 15 is 0 Å². The fraction of sp³-hybridized carbons (Fsp3) is 0.650. The van der Waals surface area contributed by atoms with Gasteiger partial charge in [-0.05, 0) is 50.4 Å². The van der Waals surface area contributed by atoms with Crippen LogP contribution in [-0.4, -0.2) is 50.7 Å². The third-order valence-corrected chi connectivity index (χ3v) is 4.73. The zero-order chi connectivity index (χ0) is 18.1. The number of guanidine groups is 1. The average molecular weight is 347 g/mol. The Morgan fingerprint density at radius 1 is 1.32 bits per heavy atom. The van der Waals surface area contributed by atoms with Crippen molar-refractivity contribution < 1.29 is 4.74 Å². The SMILES string of the molecule is CCCOc1cc(C)ccc1CNC(=NC)NCC1CCN(CC)C1. The molecule has 1 unspecified atom stereocenters. The number of benzene rings is 1. The molecule has 0 amide bonds. The summed E-state index contributed by atoms with van der Waals surface area (Å²) in [4.78, 5) is 6.86. The van der Waals surface area contributed by atoms with Crippen LogP contribution in [0.15, 0.2) is 23.2 Å². The topological polar surface area (TPSA) is 48.9 Å². The summed E-state index contributed by atoms with van der Waals surface area (Å²) in [5, 5.41) is 6.89. The van der Waals surface area contributed by atoms with Crippen molar-refractivity contribution in [1.82, 2.24) is 15.5 Å². The summed E-state index contributed by atoms with van der Waals surface area (Å²) >= 11 is 0. The van der Waals surface area contributed by atoms with Crippen LogP contribution in [0.25, 0.3) is 0 Å². The molecular weight excluding hydrogens is 312 g/mol. The average Bonchev–Trinajstić information content (AvgIpc) is 3.09. The standard InChI is InChI=1S/C20H34N4O/c1-5-11-25-19-12-16(3)7-8-18(19)14-23-20(21-4)22-13-17-9-10-24(6-2)15-17/h7-8,12,17H,5-6,9-11,13-15H2,1-4H3,(H2,21,22,23). The highest BCUT2D eigenvalue weighted by Gasteiger charge is 2.21. The molecule has 1 saturated heterocycles. The van der Waals surface area contributed by atoms with E-state index in [0.717, 1.165) is 37.8 Å². The van der Waals surface area contributed by atoms with E-state index in [-0.39, 0.29) is 0 Å². The van der Waals surface area contributed by atoms with Crippen molar-refractivity contribution in [3.63, 3.8) is 0 Å². The predicted molar refractivity (Wildman–Crippen MR) is 105 cm³/mol. The molecule has 25 heavy (non-hydrogen) atoms. The number of rotatable bonds is 8. The van der Waals surface area contributed by atoms with Gasteiger partial charge in [-0.2, -0.15) is 0 Å². The normalized spacial score (nSPS) is 18.4. The van der Waals surface area contributed by atoms with E-state index in [4.69, 9.17) is 4.74 Å². The summed E-state index contributed by atoms with van der Waals surface area (Å²) < 4.78 is 5.89. The van der Waals surface area contributed by atoms with Crippen molar-refractivity contribution >= 4 is 5.96 Å². The second-order valence-electron chi connectivity index (χ2n) is 6.81. The van der Waals surface area contributed by atoms with Crippen molar-refractivity contribution in [2.24, 2.45) is 10.9 Å². The molecule has 1 aromatic rings. The van der Waals surface area contributed by atoms with Crippen LogP contribution in [0.1, 0.15) is 37.8 Å². The molecule has 0 aromatic heterocycles. The molecule has 0 saturated carbocycles. The zero-order valence-corrected chi connectivity index (χ0v) is 16.3. The summed E-state index contributed by atoms with van der Waals surface area (Å²) in [5.41, 5.74) is 2.39. The Labute approximate surface area is 152 Å².